The molecule has 1 atom stereocenters. The second-order valence-corrected chi connectivity index (χ2v) is 8.89. The van der Waals surface area contributed by atoms with Gasteiger partial charge >= 0.3 is 0 Å². The third kappa shape index (κ3) is 5.47. The minimum absolute atomic E-state index is 0.0368. The van der Waals surface area contributed by atoms with Crippen LogP contribution in [0.5, 0.6) is 11.6 Å². The van der Waals surface area contributed by atoms with Crippen molar-refractivity contribution in [2.75, 3.05) is 13.2 Å². The van der Waals surface area contributed by atoms with E-state index in [1.54, 1.807) is 16.8 Å². The van der Waals surface area contributed by atoms with Crippen LogP contribution in [0.3, 0.4) is 0 Å². The van der Waals surface area contributed by atoms with Gasteiger partial charge in [0.15, 0.2) is 0 Å². The number of hydrogen-bond acceptors (Lipinski definition) is 4. The molecule has 1 saturated heterocycles. The largest absolute Gasteiger partial charge is 0.438 e. The van der Waals surface area contributed by atoms with E-state index < -0.39 is 0 Å². The van der Waals surface area contributed by atoms with E-state index in [9.17, 15) is 9.18 Å². The lowest BCUT2D eigenvalue weighted by Crippen LogP contribution is -2.36. The highest BCUT2D eigenvalue weighted by Crippen LogP contribution is 2.35. The van der Waals surface area contributed by atoms with E-state index in [0.29, 0.717) is 31.1 Å². The molecule has 6 nitrogen and oxygen atoms in total. The molecule has 1 amide bonds. The molecule has 0 N–H and O–H groups in total. The number of ether oxygens (including phenoxy) is 2. The van der Waals surface area contributed by atoms with Crippen LogP contribution in [0.2, 0.25) is 0 Å². The van der Waals surface area contributed by atoms with Crippen LogP contribution in [0.25, 0.3) is 5.69 Å². The number of hydrogen-bond donors (Lipinski definition) is 0. The molecule has 4 rings (SSSR count). The smallest absolute Gasteiger partial charge is 0.227 e. The first-order chi connectivity index (χ1) is 16.5. The molecule has 3 aromatic rings. The SMILES string of the molecule is CCC(=O)N(Cc1c(C(C)C)nn(-c2ccccc2)c1Oc1cccc(F)c1)C[C@@H]1CCCO1. The third-order valence-corrected chi connectivity index (χ3v) is 5.98. The van der Waals surface area contributed by atoms with Gasteiger partial charge in [-0.15, -0.1) is 0 Å². The zero-order chi connectivity index (χ0) is 24.1. The van der Waals surface area contributed by atoms with Crippen molar-refractivity contribution in [1.29, 1.82) is 0 Å². The summed E-state index contributed by atoms with van der Waals surface area (Å²) in [6.45, 7) is 7.61. The molecule has 1 aliphatic heterocycles. The second-order valence-electron chi connectivity index (χ2n) is 8.89. The molecular weight excluding hydrogens is 433 g/mol. The fraction of sp³-hybridized carbons (Fsp3) is 0.407. The number of carbonyl (C=O) groups excluding carboxylic acids is 1. The van der Waals surface area contributed by atoms with Crippen molar-refractivity contribution in [1.82, 2.24) is 14.7 Å². The highest BCUT2D eigenvalue weighted by molar-refractivity contribution is 5.76. The zero-order valence-electron chi connectivity index (χ0n) is 20.0. The first kappa shape index (κ1) is 24.0. The number of nitrogens with zero attached hydrogens (tertiary/aromatic N) is 3. The maximum Gasteiger partial charge on any atom is 0.227 e. The van der Waals surface area contributed by atoms with Crippen LogP contribution < -0.4 is 4.74 Å². The van der Waals surface area contributed by atoms with Crippen LogP contribution >= 0.6 is 0 Å². The van der Waals surface area contributed by atoms with Gasteiger partial charge in [-0.05, 0) is 43.0 Å². The summed E-state index contributed by atoms with van der Waals surface area (Å²) in [5, 5.41) is 4.90. The molecule has 2 aromatic carbocycles. The summed E-state index contributed by atoms with van der Waals surface area (Å²) in [6, 6.07) is 15.7. The predicted octanol–water partition coefficient (Wildman–Crippen LogP) is 5.84. The topological polar surface area (TPSA) is 56.6 Å². The molecule has 0 spiro atoms. The Morgan fingerprint density at radius 3 is 2.68 bits per heavy atom. The summed E-state index contributed by atoms with van der Waals surface area (Å²) < 4.78 is 27.8. The first-order valence-corrected chi connectivity index (χ1v) is 12.0. The van der Waals surface area contributed by atoms with Crippen LogP contribution in [0.4, 0.5) is 4.39 Å². The zero-order valence-corrected chi connectivity index (χ0v) is 20.0. The van der Waals surface area contributed by atoms with Gasteiger partial charge < -0.3 is 14.4 Å². The maximum absolute atomic E-state index is 13.9. The second kappa shape index (κ2) is 10.8. The summed E-state index contributed by atoms with van der Waals surface area (Å²) in [4.78, 5) is 14.8. The molecule has 2 heterocycles. The van der Waals surface area contributed by atoms with Gasteiger partial charge in [0.05, 0.1) is 29.6 Å². The van der Waals surface area contributed by atoms with Gasteiger partial charge in [0.25, 0.3) is 0 Å². The van der Waals surface area contributed by atoms with E-state index in [4.69, 9.17) is 14.6 Å². The summed E-state index contributed by atoms with van der Waals surface area (Å²) in [5.41, 5.74) is 2.49. The van der Waals surface area contributed by atoms with Crippen LogP contribution in [0, 0.1) is 5.82 Å². The number of amides is 1. The molecule has 1 aliphatic rings. The number of carbonyl (C=O) groups is 1. The first-order valence-electron chi connectivity index (χ1n) is 12.0. The Kier molecular flexibility index (Phi) is 7.63. The van der Waals surface area contributed by atoms with E-state index in [2.05, 4.69) is 13.8 Å². The van der Waals surface area contributed by atoms with Crippen molar-refractivity contribution < 1.29 is 18.7 Å². The summed E-state index contributed by atoms with van der Waals surface area (Å²) in [5.74, 6) is 0.628. The van der Waals surface area contributed by atoms with Crippen LogP contribution in [0.15, 0.2) is 54.6 Å². The van der Waals surface area contributed by atoms with Crippen LogP contribution in [-0.2, 0) is 16.1 Å². The van der Waals surface area contributed by atoms with Crippen molar-refractivity contribution in [3.63, 3.8) is 0 Å². The fourth-order valence-electron chi connectivity index (χ4n) is 4.26. The minimum Gasteiger partial charge on any atom is -0.438 e. The standard InChI is InChI=1S/C27H32FN3O3/c1-4-25(32)30(17-23-14-9-15-33-23)18-24-26(19(2)3)29-31(21-11-6-5-7-12-21)27(24)34-22-13-8-10-20(28)16-22/h5-8,10-13,16,19,23H,4,9,14-15,17-18H2,1-3H3/t23-/m0/s1. The Balaban J connectivity index is 1.79. The fourth-order valence-corrected chi connectivity index (χ4v) is 4.26. The van der Waals surface area contributed by atoms with E-state index in [0.717, 1.165) is 36.4 Å². The number of rotatable bonds is 9. The van der Waals surface area contributed by atoms with Crippen molar-refractivity contribution in [3.8, 4) is 17.3 Å². The summed E-state index contributed by atoms with van der Waals surface area (Å²) in [6.07, 6.45) is 2.39. The van der Waals surface area contributed by atoms with Gasteiger partial charge in [-0.1, -0.05) is 45.0 Å². The van der Waals surface area contributed by atoms with Crippen molar-refractivity contribution >= 4 is 5.91 Å². The van der Waals surface area contributed by atoms with Crippen molar-refractivity contribution in [3.05, 3.63) is 71.7 Å². The number of aromatic nitrogens is 2. The van der Waals surface area contributed by atoms with Crippen molar-refractivity contribution in [2.24, 2.45) is 0 Å². The molecule has 0 bridgehead atoms. The number of benzene rings is 2. The number of halogens is 1. The number of para-hydroxylation sites is 1. The van der Waals surface area contributed by atoms with Gasteiger partial charge in [0, 0.05) is 25.6 Å². The molecule has 1 fully saturated rings. The lowest BCUT2D eigenvalue weighted by molar-refractivity contribution is -0.133. The Bertz CT molecular complexity index is 1110. The maximum atomic E-state index is 13.9. The Labute approximate surface area is 200 Å². The molecule has 0 radical (unpaired) electrons. The van der Waals surface area contributed by atoms with Gasteiger partial charge in [-0.2, -0.15) is 5.10 Å². The molecule has 7 heteroatoms. The highest BCUT2D eigenvalue weighted by atomic mass is 19.1. The molecule has 0 saturated carbocycles. The summed E-state index contributed by atoms with van der Waals surface area (Å²) >= 11 is 0. The molecule has 0 unspecified atom stereocenters. The Morgan fingerprint density at radius 2 is 2.03 bits per heavy atom. The lowest BCUT2D eigenvalue weighted by atomic mass is 10.0. The third-order valence-electron chi connectivity index (χ3n) is 5.98. The summed E-state index contributed by atoms with van der Waals surface area (Å²) in [7, 11) is 0. The quantitative estimate of drug-likeness (QED) is 0.398. The average molecular weight is 466 g/mol. The monoisotopic (exact) mass is 465 g/mol. The van der Waals surface area contributed by atoms with Crippen LogP contribution in [-0.4, -0.2) is 39.8 Å². The molecule has 1 aromatic heterocycles. The van der Waals surface area contributed by atoms with Gasteiger partial charge in [-0.25, -0.2) is 9.07 Å². The van der Waals surface area contributed by atoms with E-state index in [1.807, 2.05) is 42.2 Å². The van der Waals surface area contributed by atoms with Gasteiger partial charge in [-0.3, -0.25) is 4.79 Å². The Hall–Kier alpha value is -3.19. The molecule has 180 valence electrons. The highest BCUT2D eigenvalue weighted by Gasteiger charge is 2.28. The molecule has 34 heavy (non-hydrogen) atoms. The predicted molar refractivity (Wildman–Crippen MR) is 129 cm³/mol. The Morgan fingerprint density at radius 1 is 1.24 bits per heavy atom. The van der Waals surface area contributed by atoms with E-state index >= 15 is 0 Å². The van der Waals surface area contributed by atoms with E-state index in [1.165, 1.54) is 12.1 Å². The lowest BCUT2D eigenvalue weighted by Gasteiger charge is -2.26. The van der Waals surface area contributed by atoms with Gasteiger partial charge in [0.2, 0.25) is 11.8 Å². The van der Waals surface area contributed by atoms with Crippen LogP contribution in [0.1, 0.15) is 57.2 Å². The van der Waals surface area contributed by atoms with E-state index in [-0.39, 0.29) is 23.7 Å². The van der Waals surface area contributed by atoms with Gasteiger partial charge in [0.1, 0.15) is 11.6 Å². The molecule has 0 aliphatic carbocycles. The average Bonchev–Trinajstić information content (AvgIpc) is 3.47. The van der Waals surface area contributed by atoms with Crippen molar-refractivity contribution in [2.45, 2.75) is 58.6 Å². The minimum atomic E-state index is -0.380. The normalized spacial score (nSPS) is 15.6. The molecular formula is C27H32FN3O3.